The molecule has 1 aliphatic rings. The molecule has 0 amide bonds. The normalized spacial score (nSPS) is 29.2. The highest BCUT2D eigenvalue weighted by Crippen LogP contribution is 2.35. The van der Waals surface area contributed by atoms with Gasteiger partial charge in [-0.25, -0.2) is 0 Å². The van der Waals surface area contributed by atoms with E-state index >= 15 is 0 Å². The van der Waals surface area contributed by atoms with Gasteiger partial charge in [0.05, 0.1) is 6.61 Å². The van der Waals surface area contributed by atoms with E-state index < -0.39 is 0 Å². The average Bonchev–Trinajstić information content (AvgIpc) is 2.29. The number of benzene rings is 1. The number of nitrogens with one attached hydrogen (secondary N) is 1. The van der Waals surface area contributed by atoms with Gasteiger partial charge in [-0.3, -0.25) is 0 Å². The summed E-state index contributed by atoms with van der Waals surface area (Å²) in [6.07, 6.45) is 2.22. The van der Waals surface area contributed by atoms with Crippen molar-refractivity contribution in [3.05, 3.63) is 34.9 Å². The molecule has 0 aliphatic carbocycles. The third kappa shape index (κ3) is 3.01. The first-order chi connectivity index (χ1) is 8.14. The minimum Gasteiger partial charge on any atom is -0.383 e. The molecule has 17 heavy (non-hydrogen) atoms. The summed E-state index contributed by atoms with van der Waals surface area (Å²) in [5.41, 5.74) is 1.34. The van der Waals surface area contributed by atoms with Crippen LogP contribution in [0.5, 0.6) is 0 Å². The molecule has 0 aromatic heterocycles. The SMILES string of the molecule is COCC1(C)CC(c2ccccc2Cl)CCN1. The molecule has 1 N–H and O–H groups in total. The van der Waals surface area contributed by atoms with Gasteiger partial charge in [0.25, 0.3) is 0 Å². The Morgan fingerprint density at radius 1 is 1.47 bits per heavy atom. The first-order valence-corrected chi connectivity index (χ1v) is 6.51. The maximum Gasteiger partial charge on any atom is 0.0641 e. The lowest BCUT2D eigenvalue weighted by Gasteiger charge is -2.39. The van der Waals surface area contributed by atoms with Crippen LogP contribution in [0.4, 0.5) is 0 Å². The number of hydrogen-bond donors (Lipinski definition) is 1. The van der Waals surface area contributed by atoms with Crippen LogP contribution in [0.15, 0.2) is 24.3 Å². The molecule has 3 heteroatoms. The maximum absolute atomic E-state index is 6.28. The van der Waals surface area contributed by atoms with Crippen LogP contribution in [0.25, 0.3) is 0 Å². The zero-order valence-corrected chi connectivity index (χ0v) is 11.3. The number of piperidine rings is 1. The first kappa shape index (κ1) is 12.9. The van der Waals surface area contributed by atoms with Crippen molar-refractivity contribution in [1.82, 2.24) is 5.32 Å². The Kier molecular flexibility index (Phi) is 4.08. The number of ether oxygens (including phenoxy) is 1. The largest absolute Gasteiger partial charge is 0.383 e. The van der Waals surface area contributed by atoms with Gasteiger partial charge in [-0.2, -0.15) is 0 Å². The van der Waals surface area contributed by atoms with Crippen LogP contribution in [0.1, 0.15) is 31.2 Å². The molecule has 0 radical (unpaired) electrons. The van der Waals surface area contributed by atoms with Crippen LogP contribution in [-0.4, -0.2) is 25.8 Å². The molecule has 0 spiro atoms. The zero-order valence-electron chi connectivity index (χ0n) is 10.5. The van der Waals surface area contributed by atoms with Crippen LogP contribution < -0.4 is 5.32 Å². The molecule has 1 aromatic rings. The second kappa shape index (κ2) is 5.38. The van der Waals surface area contributed by atoms with Crippen molar-refractivity contribution in [1.29, 1.82) is 0 Å². The lowest BCUT2D eigenvalue weighted by molar-refractivity contribution is 0.0946. The fourth-order valence-corrected chi connectivity index (χ4v) is 3.06. The van der Waals surface area contributed by atoms with Gasteiger partial charge in [0.15, 0.2) is 0 Å². The molecule has 2 rings (SSSR count). The fourth-order valence-electron chi connectivity index (χ4n) is 2.77. The van der Waals surface area contributed by atoms with Crippen LogP contribution >= 0.6 is 11.6 Å². The number of hydrogen-bond acceptors (Lipinski definition) is 2. The molecule has 94 valence electrons. The van der Waals surface area contributed by atoms with E-state index in [1.807, 2.05) is 12.1 Å². The Morgan fingerprint density at radius 3 is 2.94 bits per heavy atom. The maximum atomic E-state index is 6.28. The summed E-state index contributed by atoms with van der Waals surface area (Å²) in [6.45, 7) is 3.99. The lowest BCUT2D eigenvalue weighted by Crippen LogP contribution is -2.51. The molecule has 0 bridgehead atoms. The standard InChI is InChI=1S/C14H20ClNO/c1-14(10-17-2)9-11(7-8-16-14)12-5-3-4-6-13(12)15/h3-6,11,16H,7-10H2,1-2H3. The van der Waals surface area contributed by atoms with Gasteiger partial charge in [0.1, 0.15) is 0 Å². The van der Waals surface area contributed by atoms with Gasteiger partial charge in [0, 0.05) is 17.7 Å². The molecule has 1 aliphatic heterocycles. The molecule has 2 nitrogen and oxygen atoms in total. The summed E-state index contributed by atoms with van der Waals surface area (Å²) in [5.74, 6) is 0.532. The van der Waals surface area contributed by atoms with E-state index in [0.717, 1.165) is 31.0 Å². The summed E-state index contributed by atoms with van der Waals surface area (Å²) in [5, 5.41) is 4.44. The summed E-state index contributed by atoms with van der Waals surface area (Å²) in [4.78, 5) is 0. The van der Waals surface area contributed by atoms with Crippen molar-refractivity contribution < 1.29 is 4.74 Å². The highest BCUT2D eigenvalue weighted by atomic mass is 35.5. The molecule has 2 atom stereocenters. The van der Waals surface area contributed by atoms with E-state index in [2.05, 4.69) is 24.4 Å². The molecule has 1 aromatic carbocycles. The van der Waals surface area contributed by atoms with Crippen LogP contribution in [-0.2, 0) is 4.74 Å². The Morgan fingerprint density at radius 2 is 2.24 bits per heavy atom. The zero-order chi connectivity index (χ0) is 12.3. The van der Waals surface area contributed by atoms with Crippen molar-refractivity contribution in [3.8, 4) is 0 Å². The minimum atomic E-state index is 0.0663. The Bertz CT molecular complexity index is 378. The number of halogens is 1. The predicted octanol–water partition coefficient (Wildman–Crippen LogP) is 3.21. The van der Waals surface area contributed by atoms with E-state index in [0.29, 0.717) is 5.92 Å². The van der Waals surface area contributed by atoms with Crippen molar-refractivity contribution in [3.63, 3.8) is 0 Å². The third-order valence-electron chi connectivity index (χ3n) is 3.55. The fraction of sp³-hybridized carbons (Fsp3) is 0.571. The topological polar surface area (TPSA) is 21.3 Å². The number of methoxy groups -OCH3 is 1. The van der Waals surface area contributed by atoms with Gasteiger partial charge in [-0.15, -0.1) is 0 Å². The molecule has 2 unspecified atom stereocenters. The second-order valence-electron chi connectivity index (χ2n) is 5.13. The van der Waals surface area contributed by atoms with Crippen LogP contribution in [0, 0.1) is 0 Å². The van der Waals surface area contributed by atoms with Crippen molar-refractivity contribution in [2.45, 2.75) is 31.2 Å². The molecule has 1 fully saturated rings. The third-order valence-corrected chi connectivity index (χ3v) is 3.89. The van der Waals surface area contributed by atoms with Gasteiger partial charge in [-0.1, -0.05) is 29.8 Å². The Hall–Kier alpha value is -0.570. The average molecular weight is 254 g/mol. The van der Waals surface area contributed by atoms with Crippen LogP contribution in [0.3, 0.4) is 0 Å². The highest BCUT2D eigenvalue weighted by Gasteiger charge is 2.32. The number of rotatable bonds is 3. The van der Waals surface area contributed by atoms with E-state index in [9.17, 15) is 0 Å². The Labute approximate surface area is 108 Å². The smallest absolute Gasteiger partial charge is 0.0641 e. The molecular formula is C14H20ClNO. The Balaban J connectivity index is 2.15. The van der Waals surface area contributed by atoms with Crippen LogP contribution in [0.2, 0.25) is 5.02 Å². The molecule has 1 saturated heterocycles. The molecule has 1 heterocycles. The van der Waals surface area contributed by atoms with E-state index in [1.165, 1.54) is 5.56 Å². The van der Waals surface area contributed by atoms with Gasteiger partial charge >= 0.3 is 0 Å². The predicted molar refractivity (Wildman–Crippen MR) is 71.7 cm³/mol. The van der Waals surface area contributed by atoms with E-state index in [-0.39, 0.29) is 5.54 Å². The summed E-state index contributed by atoms with van der Waals surface area (Å²) >= 11 is 6.28. The van der Waals surface area contributed by atoms with Gasteiger partial charge in [0.2, 0.25) is 0 Å². The first-order valence-electron chi connectivity index (χ1n) is 6.13. The highest BCUT2D eigenvalue weighted by molar-refractivity contribution is 6.31. The molecule has 0 saturated carbocycles. The van der Waals surface area contributed by atoms with Crippen molar-refractivity contribution >= 4 is 11.6 Å². The van der Waals surface area contributed by atoms with E-state index in [4.69, 9.17) is 16.3 Å². The second-order valence-corrected chi connectivity index (χ2v) is 5.54. The summed E-state index contributed by atoms with van der Waals surface area (Å²) in [7, 11) is 1.76. The lowest BCUT2D eigenvalue weighted by atomic mass is 9.80. The summed E-state index contributed by atoms with van der Waals surface area (Å²) in [6, 6.07) is 8.18. The van der Waals surface area contributed by atoms with Gasteiger partial charge < -0.3 is 10.1 Å². The van der Waals surface area contributed by atoms with Crippen molar-refractivity contribution in [2.75, 3.05) is 20.3 Å². The quantitative estimate of drug-likeness (QED) is 0.893. The van der Waals surface area contributed by atoms with Gasteiger partial charge in [-0.05, 0) is 43.9 Å². The summed E-state index contributed by atoms with van der Waals surface area (Å²) < 4.78 is 5.30. The minimum absolute atomic E-state index is 0.0663. The molecular weight excluding hydrogens is 234 g/mol. The monoisotopic (exact) mass is 253 g/mol. The van der Waals surface area contributed by atoms with E-state index in [1.54, 1.807) is 7.11 Å². The van der Waals surface area contributed by atoms with Crippen molar-refractivity contribution in [2.24, 2.45) is 0 Å².